The first kappa shape index (κ1) is 14.9. The van der Waals surface area contributed by atoms with E-state index in [0.29, 0.717) is 12.1 Å². The van der Waals surface area contributed by atoms with Gasteiger partial charge in [0.1, 0.15) is 0 Å². The van der Waals surface area contributed by atoms with Crippen LogP contribution in [0, 0.1) is 0 Å². The molecule has 0 saturated carbocycles. The third kappa shape index (κ3) is 4.94. The number of hydrogen-bond acceptors (Lipinski definition) is 3. The number of nitrogens with zero attached hydrogens (tertiary/aromatic N) is 2. The summed E-state index contributed by atoms with van der Waals surface area (Å²) in [5.74, 6) is 0. The van der Waals surface area contributed by atoms with Crippen LogP contribution in [-0.4, -0.2) is 61.7 Å². The summed E-state index contributed by atoms with van der Waals surface area (Å²) < 4.78 is 0. The molecule has 0 bridgehead atoms. The fourth-order valence-corrected chi connectivity index (χ4v) is 2.63. The van der Waals surface area contributed by atoms with E-state index in [2.05, 4.69) is 50.0 Å². The molecule has 102 valence electrons. The molecule has 3 heteroatoms. The molecule has 0 aromatic rings. The normalized spacial score (nSPS) is 25.4. The molecule has 0 amide bonds. The Kier molecular flexibility index (Phi) is 6.45. The van der Waals surface area contributed by atoms with E-state index in [4.69, 9.17) is 0 Å². The molecule has 1 rings (SSSR count). The summed E-state index contributed by atoms with van der Waals surface area (Å²) in [5.41, 5.74) is 0. The SMILES string of the molecule is CCCC(C)NCC(C)N1CCC(N(C)C)C1. The van der Waals surface area contributed by atoms with Crippen LogP contribution in [0.2, 0.25) is 0 Å². The summed E-state index contributed by atoms with van der Waals surface area (Å²) in [5, 5.41) is 3.65. The molecule has 0 radical (unpaired) electrons. The van der Waals surface area contributed by atoms with Crippen LogP contribution in [0.15, 0.2) is 0 Å². The lowest BCUT2D eigenvalue weighted by Crippen LogP contribution is -2.43. The molecule has 1 aliphatic rings. The van der Waals surface area contributed by atoms with Gasteiger partial charge in [0.25, 0.3) is 0 Å². The van der Waals surface area contributed by atoms with E-state index in [-0.39, 0.29) is 0 Å². The molecule has 3 atom stereocenters. The van der Waals surface area contributed by atoms with Crippen LogP contribution in [0.5, 0.6) is 0 Å². The molecule has 0 aliphatic carbocycles. The Balaban J connectivity index is 2.22. The van der Waals surface area contributed by atoms with Gasteiger partial charge >= 0.3 is 0 Å². The number of rotatable bonds is 7. The standard InChI is InChI=1S/C14H31N3/c1-6-7-12(2)15-10-13(3)17-9-8-14(11-17)16(4)5/h12-15H,6-11H2,1-5H3. The molecule has 17 heavy (non-hydrogen) atoms. The zero-order valence-electron chi connectivity index (χ0n) is 12.4. The van der Waals surface area contributed by atoms with Gasteiger partial charge in [0.2, 0.25) is 0 Å². The molecular weight excluding hydrogens is 210 g/mol. The molecule has 1 N–H and O–H groups in total. The van der Waals surface area contributed by atoms with Gasteiger partial charge in [-0.2, -0.15) is 0 Å². The van der Waals surface area contributed by atoms with E-state index in [0.717, 1.165) is 12.6 Å². The highest BCUT2D eigenvalue weighted by atomic mass is 15.3. The first-order valence-corrected chi connectivity index (χ1v) is 7.18. The van der Waals surface area contributed by atoms with Gasteiger partial charge in [-0.3, -0.25) is 4.90 Å². The first-order chi connectivity index (χ1) is 8.04. The Morgan fingerprint density at radius 1 is 1.35 bits per heavy atom. The van der Waals surface area contributed by atoms with Crippen molar-refractivity contribution in [1.29, 1.82) is 0 Å². The van der Waals surface area contributed by atoms with Crippen LogP contribution in [-0.2, 0) is 0 Å². The lowest BCUT2D eigenvalue weighted by atomic mass is 10.2. The van der Waals surface area contributed by atoms with E-state index >= 15 is 0 Å². The Bertz CT molecular complexity index is 206. The largest absolute Gasteiger partial charge is 0.313 e. The Morgan fingerprint density at radius 2 is 2.06 bits per heavy atom. The van der Waals surface area contributed by atoms with Crippen LogP contribution in [0.3, 0.4) is 0 Å². The lowest BCUT2D eigenvalue weighted by molar-refractivity contribution is 0.218. The summed E-state index contributed by atoms with van der Waals surface area (Å²) in [6.07, 6.45) is 3.88. The minimum Gasteiger partial charge on any atom is -0.313 e. The van der Waals surface area contributed by atoms with Crippen molar-refractivity contribution >= 4 is 0 Å². The highest BCUT2D eigenvalue weighted by Gasteiger charge is 2.26. The van der Waals surface area contributed by atoms with Crippen molar-refractivity contribution in [2.24, 2.45) is 0 Å². The van der Waals surface area contributed by atoms with Gasteiger partial charge in [0, 0.05) is 37.8 Å². The van der Waals surface area contributed by atoms with Gasteiger partial charge in [-0.25, -0.2) is 0 Å². The van der Waals surface area contributed by atoms with E-state index < -0.39 is 0 Å². The molecule has 1 fully saturated rings. The van der Waals surface area contributed by atoms with Gasteiger partial charge in [0.15, 0.2) is 0 Å². The smallest absolute Gasteiger partial charge is 0.0229 e. The summed E-state index contributed by atoms with van der Waals surface area (Å²) in [6.45, 7) is 10.5. The fraction of sp³-hybridized carbons (Fsp3) is 1.00. The van der Waals surface area contributed by atoms with Gasteiger partial charge in [-0.1, -0.05) is 13.3 Å². The highest BCUT2D eigenvalue weighted by molar-refractivity contribution is 4.84. The van der Waals surface area contributed by atoms with Crippen molar-refractivity contribution in [1.82, 2.24) is 15.1 Å². The van der Waals surface area contributed by atoms with Gasteiger partial charge < -0.3 is 10.2 Å². The Labute approximate surface area is 108 Å². The summed E-state index contributed by atoms with van der Waals surface area (Å²) in [7, 11) is 4.39. The maximum Gasteiger partial charge on any atom is 0.0229 e. The van der Waals surface area contributed by atoms with E-state index in [1.807, 2.05) is 0 Å². The average molecular weight is 241 g/mol. The predicted octanol–water partition coefficient (Wildman–Crippen LogP) is 1.79. The molecule has 0 aromatic carbocycles. The quantitative estimate of drug-likeness (QED) is 0.733. The summed E-state index contributed by atoms with van der Waals surface area (Å²) in [6, 6.07) is 2.08. The zero-order chi connectivity index (χ0) is 12.8. The summed E-state index contributed by atoms with van der Waals surface area (Å²) in [4.78, 5) is 4.98. The minimum absolute atomic E-state index is 0.662. The van der Waals surface area contributed by atoms with E-state index in [9.17, 15) is 0 Å². The average Bonchev–Trinajstić information content (AvgIpc) is 2.75. The van der Waals surface area contributed by atoms with Crippen molar-refractivity contribution < 1.29 is 0 Å². The number of likely N-dealkylation sites (N-methyl/N-ethyl adjacent to an activating group) is 1. The van der Waals surface area contributed by atoms with Crippen LogP contribution < -0.4 is 5.32 Å². The predicted molar refractivity (Wildman–Crippen MR) is 75.5 cm³/mol. The maximum atomic E-state index is 3.65. The topological polar surface area (TPSA) is 18.5 Å². The third-order valence-electron chi connectivity index (χ3n) is 4.03. The fourth-order valence-electron chi connectivity index (χ4n) is 2.63. The first-order valence-electron chi connectivity index (χ1n) is 7.18. The van der Waals surface area contributed by atoms with Crippen molar-refractivity contribution in [3.63, 3.8) is 0 Å². The highest BCUT2D eigenvalue weighted by Crippen LogP contribution is 2.15. The van der Waals surface area contributed by atoms with Crippen LogP contribution in [0.4, 0.5) is 0 Å². The van der Waals surface area contributed by atoms with E-state index in [1.165, 1.54) is 32.4 Å². The second-order valence-corrected chi connectivity index (χ2v) is 5.85. The van der Waals surface area contributed by atoms with Crippen LogP contribution in [0.25, 0.3) is 0 Å². The van der Waals surface area contributed by atoms with Gasteiger partial charge in [-0.15, -0.1) is 0 Å². The molecule has 3 nitrogen and oxygen atoms in total. The van der Waals surface area contributed by atoms with Crippen molar-refractivity contribution in [2.75, 3.05) is 33.7 Å². The van der Waals surface area contributed by atoms with Crippen molar-refractivity contribution in [2.45, 2.75) is 58.2 Å². The molecule has 1 saturated heterocycles. The second-order valence-electron chi connectivity index (χ2n) is 5.85. The van der Waals surface area contributed by atoms with Crippen molar-refractivity contribution in [3.8, 4) is 0 Å². The lowest BCUT2D eigenvalue weighted by Gasteiger charge is -2.27. The zero-order valence-corrected chi connectivity index (χ0v) is 12.4. The van der Waals surface area contributed by atoms with Crippen LogP contribution >= 0.6 is 0 Å². The molecule has 1 aliphatic heterocycles. The van der Waals surface area contributed by atoms with E-state index in [1.54, 1.807) is 0 Å². The maximum absolute atomic E-state index is 3.65. The number of hydrogen-bond donors (Lipinski definition) is 1. The van der Waals surface area contributed by atoms with Gasteiger partial charge in [0.05, 0.1) is 0 Å². The van der Waals surface area contributed by atoms with Crippen molar-refractivity contribution in [3.05, 3.63) is 0 Å². The summed E-state index contributed by atoms with van der Waals surface area (Å²) >= 11 is 0. The third-order valence-corrected chi connectivity index (χ3v) is 4.03. The minimum atomic E-state index is 0.662. The van der Waals surface area contributed by atoms with Gasteiger partial charge in [-0.05, 0) is 40.8 Å². The second kappa shape index (κ2) is 7.34. The molecule has 0 spiro atoms. The Hall–Kier alpha value is -0.120. The Morgan fingerprint density at radius 3 is 2.59 bits per heavy atom. The number of nitrogens with one attached hydrogen (secondary N) is 1. The monoisotopic (exact) mass is 241 g/mol. The molecule has 3 unspecified atom stereocenters. The van der Waals surface area contributed by atoms with Crippen LogP contribution in [0.1, 0.15) is 40.0 Å². The molecule has 1 heterocycles. The molecule has 0 aromatic heterocycles. The number of likely N-dealkylation sites (tertiary alicyclic amines) is 1. The molecular formula is C14H31N3.